The maximum Gasteiger partial charge on any atom is 0.269 e. The predicted octanol–water partition coefficient (Wildman–Crippen LogP) is 3.86. The molecule has 5 heteroatoms. The number of carbonyl (C=O) groups excluding carboxylic acids is 1. The van der Waals surface area contributed by atoms with Gasteiger partial charge < -0.3 is 0 Å². The highest BCUT2D eigenvalue weighted by Crippen LogP contribution is 2.22. The van der Waals surface area contributed by atoms with Gasteiger partial charge in [-0.25, -0.2) is 0 Å². The quantitative estimate of drug-likeness (QED) is 0.347. The summed E-state index contributed by atoms with van der Waals surface area (Å²) in [5.74, 6) is 0. The van der Waals surface area contributed by atoms with Gasteiger partial charge in [0, 0.05) is 17.7 Å². The lowest BCUT2D eigenvalue weighted by molar-refractivity contribution is -0.384. The largest absolute Gasteiger partial charge is 0.281 e. The molecule has 0 aromatic heterocycles. The molecule has 0 aliphatic rings. The molecule has 0 spiro atoms. The van der Waals surface area contributed by atoms with Crippen molar-refractivity contribution in [1.82, 2.24) is 0 Å². The average molecular weight is 300 g/mol. The van der Waals surface area contributed by atoms with E-state index in [0.717, 1.165) is 24.8 Å². The summed E-state index contributed by atoms with van der Waals surface area (Å²) in [6.07, 6.45) is 3.76. The van der Waals surface area contributed by atoms with Crippen LogP contribution in [-0.2, 0) is 6.42 Å². The lowest BCUT2D eigenvalue weighted by atomic mass is 10.0. The molecule has 4 nitrogen and oxygen atoms in total. The van der Waals surface area contributed by atoms with E-state index < -0.39 is 4.92 Å². The van der Waals surface area contributed by atoms with Gasteiger partial charge >= 0.3 is 0 Å². The van der Waals surface area contributed by atoms with E-state index in [-0.39, 0.29) is 10.4 Å². The van der Waals surface area contributed by atoms with Gasteiger partial charge in [-0.05, 0) is 40.4 Å². The monoisotopic (exact) mass is 299 g/mol. The third-order valence-corrected chi connectivity index (χ3v) is 2.99. The first-order chi connectivity index (χ1) is 8.06. The van der Waals surface area contributed by atoms with E-state index in [1.165, 1.54) is 18.2 Å². The van der Waals surface area contributed by atoms with E-state index in [2.05, 4.69) is 22.9 Å². The molecule has 0 bridgehead atoms. The minimum absolute atomic E-state index is 0.0361. The second-order valence-electron chi connectivity index (χ2n) is 3.83. The molecule has 0 amide bonds. The van der Waals surface area contributed by atoms with Crippen LogP contribution in [0.4, 0.5) is 5.69 Å². The highest BCUT2D eigenvalue weighted by molar-refractivity contribution is 9.18. The molecule has 17 heavy (non-hydrogen) atoms. The van der Waals surface area contributed by atoms with Gasteiger partial charge in [-0.3, -0.25) is 14.9 Å². The minimum Gasteiger partial charge on any atom is -0.281 e. The van der Waals surface area contributed by atoms with Crippen LogP contribution in [0.15, 0.2) is 18.2 Å². The van der Waals surface area contributed by atoms with Crippen LogP contribution in [0.1, 0.15) is 42.1 Å². The Kier molecular flexibility index (Phi) is 5.28. The topological polar surface area (TPSA) is 60.2 Å². The molecule has 0 aliphatic heterocycles. The molecule has 0 radical (unpaired) electrons. The van der Waals surface area contributed by atoms with Gasteiger partial charge in [0.05, 0.1) is 4.92 Å². The number of nitro benzene ring substituents is 1. The maximum absolute atomic E-state index is 11.3. The molecule has 0 saturated heterocycles. The zero-order chi connectivity index (χ0) is 12.8. The van der Waals surface area contributed by atoms with E-state index in [0.29, 0.717) is 12.0 Å². The Hall–Kier alpha value is -1.23. The first-order valence-electron chi connectivity index (χ1n) is 5.53. The van der Waals surface area contributed by atoms with Gasteiger partial charge in [-0.1, -0.05) is 19.8 Å². The second kappa shape index (κ2) is 6.49. The van der Waals surface area contributed by atoms with Crippen molar-refractivity contribution in [3.63, 3.8) is 0 Å². The van der Waals surface area contributed by atoms with E-state index in [1.54, 1.807) is 0 Å². The molecule has 1 rings (SSSR count). The molecule has 1 aromatic rings. The van der Waals surface area contributed by atoms with Crippen molar-refractivity contribution in [3.05, 3.63) is 39.4 Å². The van der Waals surface area contributed by atoms with Crippen LogP contribution in [-0.4, -0.2) is 9.62 Å². The Morgan fingerprint density at radius 1 is 1.41 bits per heavy atom. The summed E-state index contributed by atoms with van der Waals surface area (Å²) in [4.78, 5) is 21.6. The smallest absolute Gasteiger partial charge is 0.269 e. The second-order valence-corrected chi connectivity index (χ2v) is 4.55. The molecule has 0 atom stereocenters. The van der Waals surface area contributed by atoms with Crippen molar-refractivity contribution >= 4 is 26.3 Å². The van der Waals surface area contributed by atoms with Crippen LogP contribution >= 0.6 is 15.9 Å². The number of nitro groups is 1. The van der Waals surface area contributed by atoms with Gasteiger partial charge in [0.25, 0.3) is 5.69 Å². The van der Waals surface area contributed by atoms with E-state index >= 15 is 0 Å². The van der Waals surface area contributed by atoms with Crippen LogP contribution in [0.5, 0.6) is 0 Å². The van der Waals surface area contributed by atoms with Crippen LogP contribution in [0.3, 0.4) is 0 Å². The summed E-state index contributed by atoms with van der Waals surface area (Å²) in [7, 11) is 0. The first kappa shape index (κ1) is 13.8. The number of nitrogens with zero attached hydrogens (tertiary/aromatic N) is 1. The summed E-state index contributed by atoms with van der Waals surface area (Å²) < 4.78 is -0.223. The third-order valence-electron chi connectivity index (χ3n) is 2.56. The van der Waals surface area contributed by atoms with Crippen LogP contribution in [0, 0.1) is 10.1 Å². The fourth-order valence-corrected chi connectivity index (χ4v) is 2.04. The van der Waals surface area contributed by atoms with Crippen molar-refractivity contribution in [3.8, 4) is 0 Å². The third kappa shape index (κ3) is 3.93. The van der Waals surface area contributed by atoms with Gasteiger partial charge in [-0.2, -0.15) is 0 Å². The Morgan fingerprint density at radius 3 is 2.65 bits per heavy atom. The van der Waals surface area contributed by atoms with E-state index in [4.69, 9.17) is 0 Å². The number of carbonyl (C=O) groups is 1. The predicted molar refractivity (Wildman–Crippen MR) is 69.6 cm³/mol. The number of aryl methyl sites for hydroxylation is 1. The molecule has 92 valence electrons. The highest BCUT2D eigenvalue weighted by atomic mass is 79.9. The van der Waals surface area contributed by atoms with Crippen LogP contribution in [0.25, 0.3) is 0 Å². The van der Waals surface area contributed by atoms with Crippen molar-refractivity contribution in [2.24, 2.45) is 0 Å². The van der Waals surface area contributed by atoms with Crippen LogP contribution < -0.4 is 0 Å². The normalized spacial score (nSPS) is 10.2. The number of halogens is 1. The molecular formula is C12H14BrNO3. The lowest BCUT2D eigenvalue weighted by Crippen LogP contribution is -1.99. The van der Waals surface area contributed by atoms with Gasteiger partial charge in [0.1, 0.15) is 0 Å². The average Bonchev–Trinajstić information content (AvgIpc) is 2.28. The first-order valence-corrected chi connectivity index (χ1v) is 6.32. The molecule has 0 unspecified atom stereocenters. The number of benzene rings is 1. The summed E-state index contributed by atoms with van der Waals surface area (Å²) >= 11 is 2.90. The minimum atomic E-state index is -0.439. The van der Waals surface area contributed by atoms with Gasteiger partial charge in [0.2, 0.25) is 4.69 Å². The Balaban J connectivity index is 2.98. The fraction of sp³-hybridized carbons (Fsp3) is 0.417. The summed E-state index contributed by atoms with van der Waals surface area (Å²) in [6, 6.07) is 4.36. The summed E-state index contributed by atoms with van der Waals surface area (Å²) in [5.41, 5.74) is 1.30. The Bertz CT molecular complexity index is 432. The maximum atomic E-state index is 11.3. The molecule has 0 saturated carbocycles. The van der Waals surface area contributed by atoms with E-state index in [9.17, 15) is 14.9 Å². The van der Waals surface area contributed by atoms with Crippen molar-refractivity contribution in [2.45, 2.75) is 32.6 Å². The summed E-state index contributed by atoms with van der Waals surface area (Å²) in [5, 5.41) is 10.7. The summed E-state index contributed by atoms with van der Waals surface area (Å²) in [6.45, 7) is 2.09. The van der Waals surface area contributed by atoms with Crippen LogP contribution in [0.2, 0.25) is 0 Å². The number of rotatable bonds is 6. The van der Waals surface area contributed by atoms with Gasteiger partial charge in [-0.15, -0.1) is 0 Å². The SMILES string of the molecule is CCCCCc1cc([N+](=O)[O-])ccc1C(=O)Br. The van der Waals surface area contributed by atoms with Crippen molar-refractivity contribution in [2.75, 3.05) is 0 Å². The van der Waals surface area contributed by atoms with Crippen molar-refractivity contribution < 1.29 is 9.72 Å². The zero-order valence-electron chi connectivity index (χ0n) is 9.61. The van der Waals surface area contributed by atoms with Crippen molar-refractivity contribution in [1.29, 1.82) is 0 Å². The molecule has 0 N–H and O–H groups in total. The number of unbranched alkanes of at least 4 members (excludes halogenated alkanes) is 2. The molecule has 1 aromatic carbocycles. The molecule has 0 fully saturated rings. The highest BCUT2D eigenvalue weighted by Gasteiger charge is 2.13. The standard InChI is InChI=1S/C12H14BrNO3/c1-2-3-4-5-9-8-10(14(16)17)6-7-11(9)12(13)15/h6-8H,2-5H2,1H3. The fourth-order valence-electron chi connectivity index (χ4n) is 1.66. The zero-order valence-corrected chi connectivity index (χ0v) is 11.2. The molecule has 0 aliphatic carbocycles. The van der Waals surface area contributed by atoms with E-state index in [1.807, 2.05) is 0 Å². The number of non-ortho nitro benzene ring substituents is 1. The number of hydrogen-bond acceptors (Lipinski definition) is 3. The molecule has 0 heterocycles. The Labute approximate surface area is 108 Å². The van der Waals surface area contributed by atoms with Gasteiger partial charge in [0.15, 0.2) is 0 Å². The number of hydrogen-bond donors (Lipinski definition) is 0. The molecular weight excluding hydrogens is 286 g/mol. The lowest BCUT2D eigenvalue weighted by Gasteiger charge is -2.05. The Morgan fingerprint density at radius 2 is 2.12 bits per heavy atom.